The van der Waals surface area contributed by atoms with Gasteiger partial charge < -0.3 is 0 Å². The van der Waals surface area contributed by atoms with E-state index in [4.69, 9.17) is 0 Å². The van der Waals surface area contributed by atoms with Gasteiger partial charge in [-0.3, -0.25) is 15.0 Å². The summed E-state index contributed by atoms with van der Waals surface area (Å²) in [5.74, 6) is -1.77. The molecule has 1 N–H and O–H groups in total. The number of rotatable bonds is 4. The van der Waals surface area contributed by atoms with Crippen LogP contribution in [0.1, 0.15) is 13.8 Å². The third kappa shape index (κ3) is 2.46. The lowest BCUT2D eigenvalue weighted by molar-refractivity contribution is -0.131. The van der Waals surface area contributed by atoms with Gasteiger partial charge >= 0.3 is 10.2 Å². The Morgan fingerprint density at radius 2 is 1.57 bits per heavy atom. The Bertz CT molecular complexity index is 648. The summed E-state index contributed by atoms with van der Waals surface area (Å²) in [4.78, 5) is 25.3. The highest BCUT2D eigenvalue weighted by Gasteiger charge is 2.45. The second kappa shape index (κ2) is 5.52. The number of carbonyl (C=O) groups excluding carboxylic acids is 2. The van der Waals surface area contributed by atoms with Gasteiger partial charge in [0, 0.05) is 19.3 Å². The highest BCUT2D eigenvalue weighted by Crippen LogP contribution is 2.21. The summed E-state index contributed by atoms with van der Waals surface area (Å²) in [6, 6.07) is 0. The van der Waals surface area contributed by atoms with Crippen LogP contribution in [0.25, 0.3) is 0 Å². The van der Waals surface area contributed by atoms with Crippen LogP contribution in [0.15, 0.2) is 24.2 Å². The van der Waals surface area contributed by atoms with Gasteiger partial charge in [-0.15, -0.1) is 10.2 Å². The van der Waals surface area contributed by atoms with Gasteiger partial charge in [0.2, 0.25) is 0 Å². The van der Waals surface area contributed by atoms with Crippen molar-refractivity contribution in [2.75, 3.05) is 18.5 Å². The van der Waals surface area contributed by atoms with Gasteiger partial charge in [-0.1, -0.05) is 4.91 Å². The molecule has 11 heteroatoms. The van der Waals surface area contributed by atoms with Crippen LogP contribution in [-0.4, -0.2) is 57.0 Å². The van der Waals surface area contributed by atoms with Crippen molar-refractivity contribution in [3.8, 4) is 0 Å². The van der Waals surface area contributed by atoms with Crippen LogP contribution >= 0.6 is 0 Å². The normalized spacial score (nSPS) is 18.1. The maximum atomic E-state index is 12.1. The Kier molecular flexibility index (Phi) is 3.93. The highest BCUT2D eigenvalue weighted by molar-refractivity contribution is 7.88. The van der Waals surface area contributed by atoms with Gasteiger partial charge in [0.1, 0.15) is 5.57 Å². The maximum Gasteiger partial charge on any atom is 0.331 e. The third-order valence-corrected chi connectivity index (χ3v) is 4.75. The smallest absolute Gasteiger partial charge is 0.268 e. The van der Waals surface area contributed by atoms with Crippen LogP contribution in [0.3, 0.4) is 0 Å². The van der Waals surface area contributed by atoms with Crippen LogP contribution in [0.2, 0.25) is 0 Å². The zero-order valence-electron chi connectivity index (χ0n) is 11.4. The summed E-state index contributed by atoms with van der Waals surface area (Å²) < 4.78 is 25.5. The molecule has 0 aliphatic carbocycles. The molecule has 21 heavy (non-hydrogen) atoms. The molecule has 2 rings (SSSR count). The lowest BCUT2D eigenvalue weighted by Gasteiger charge is -2.33. The molecule has 1 fully saturated rings. The number of likely N-dealkylation sites (N-methyl/N-ethyl adjacent to an activating group) is 2. The Balaban J connectivity index is 2.39. The predicted molar refractivity (Wildman–Crippen MR) is 71.2 cm³/mol. The number of hydrogen-bond acceptors (Lipinski definition) is 7. The zero-order valence-corrected chi connectivity index (χ0v) is 12.2. The molecule has 10 nitrogen and oxygen atoms in total. The fourth-order valence-corrected chi connectivity index (χ4v) is 3.34. The molecule has 0 atom stereocenters. The average molecular weight is 314 g/mol. The van der Waals surface area contributed by atoms with Crippen LogP contribution in [0, 0.1) is 0 Å². The van der Waals surface area contributed by atoms with Gasteiger partial charge in [0.15, 0.2) is 0 Å². The Morgan fingerprint density at radius 3 is 2.00 bits per heavy atom. The van der Waals surface area contributed by atoms with Crippen LogP contribution in [-0.2, 0) is 19.8 Å². The molecule has 0 aromatic carbocycles. The number of nitrogens with zero attached hydrogens (tertiary/aromatic N) is 5. The monoisotopic (exact) mass is 314 g/mol. The lowest BCUT2D eigenvalue weighted by Crippen LogP contribution is -2.56. The minimum absolute atomic E-state index is 0.0672. The van der Waals surface area contributed by atoms with E-state index >= 15 is 0 Å². The summed E-state index contributed by atoms with van der Waals surface area (Å²) in [6.07, 6.45) is 3.89. The minimum Gasteiger partial charge on any atom is -0.268 e. The van der Waals surface area contributed by atoms with Crippen LogP contribution < -0.4 is 5.43 Å². The van der Waals surface area contributed by atoms with Crippen molar-refractivity contribution < 1.29 is 18.0 Å². The Labute approximate surface area is 121 Å². The molecule has 0 saturated carbocycles. The zero-order chi connectivity index (χ0) is 15.6. The van der Waals surface area contributed by atoms with Crippen molar-refractivity contribution in [1.82, 2.24) is 23.7 Å². The second-order valence-electron chi connectivity index (χ2n) is 3.95. The second-order valence-corrected chi connectivity index (χ2v) is 5.73. The van der Waals surface area contributed by atoms with E-state index in [1.54, 1.807) is 0 Å². The van der Waals surface area contributed by atoms with E-state index in [1.807, 2.05) is 0 Å². The highest BCUT2D eigenvalue weighted by atomic mass is 32.2. The van der Waals surface area contributed by atoms with E-state index in [9.17, 15) is 18.0 Å². The SMILES string of the molecule is CCN1C(=O)C(=CNn2nccn2)C(=O)N(CC)S1(=O)=O. The molecule has 0 unspecified atom stereocenters. The topological polar surface area (TPSA) is 118 Å². The third-order valence-electron chi connectivity index (χ3n) is 2.79. The maximum absolute atomic E-state index is 12.1. The minimum atomic E-state index is -4.11. The van der Waals surface area contributed by atoms with E-state index < -0.39 is 22.0 Å². The molecule has 1 aromatic rings. The first-order valence-electron chi connectivity index (χ1n) is 6.15. The van der Waals surface area contributed by atoms with Crippen LogP contribution in [0.5, 0.6) is 0 Å². The molecule has 2 amide bonds. The molecule has 1 aromatic heterocycles. The van der Waals surface area contributed by atoms with Crippen molar-refractivity contribution in [3.05, 3.63) is 24.2 Å². The van der Waals surface area contributed by atoms with Gasteiger partial charge in [0.05, 0.1) is 12.4 Å². The van der Waals surface area contributed by atoms with Crippen molar-refractivity contribution >= 4 is 22.0 Å². The van der Waals surface area contributed by atoms with Gasteiger partial charge in [0.25, 0.3) is 11.8 Å². The molecule has 1 saturated heterocycles. The number of carbonyl (C=O) groups is 2. The van der Waals surface area contributed by atoms with Crippen molar-refractivity contribution in [2.45, 2.75) is 13.8 Å². The van der Waals surface area contributed by atoms with Crippen molar-refractivity contribution in [2.24, 2.45) is 0 Å². The molecule has 1 aliphatic rings. The lowest BCUT2D eigenvalue weighted by atomic mass is 10.2. The number of hydrogen-bond donors (Lipinski definition) is 1. The van der Waals surface area contributed by atoms with Crippen molar-refractivity contribution in [3.63, 3.8) is 0 Å². The summed E-state index contributed by atoms with van der Waals surface area (Å²) in [5, 5.41) is 7.48. The standard InChI is InChI=1S/C10H14N6O4S/c1-3-14-9(17)8(7-13-16-11-5-6-12-16)10(18)15(4-2)21(14,19)20/h5-7,13H,3-4H2,1-2H3. The molecule has 1 aliphatic heterocycles. The quantitative estimate of drug-likeness (QED) is 0.540. The molecular formula is C10H14N6O4S. The Morgan fingerprint density at radius 1 is 1.10 bits per heavy atom. The first-order valence-corrected chi connectivity index (χ1v) is 7.55. The van der Waals surface area contributed by atoms with E-state index in [-0.39, 0.29) is 18.7 Å². The average Bonchev–Trinajstić information content (AvgIpc) is 2.92. The van der Waals surface area contributed by atoms with E-state index in [1.165, 1.54) is 26.2 Å². The number of nitrogens with one attached hydrogen (secondary N) is 1. The van der Waals surface area contributed by atoms with E-state index in [0.717, 1.165) is 11.1 Å². The van der Waals surface area contributed by atoms with Gasteiger partial charge in [-0.05, 0) is 13.8 Å². The molecular weight excluding hydrogens is 300 g/mol. The molecule has 0 bridgehead atoms. The predicted octanol–water partition coefficient (Wildman–Crippen LogP) is -1.34. The first-order chi connectivity index (χ1) is 9.93. The van der Waals surface area contributed by atoms with E-state index in [0.29, 0.717) is 8.61 Å². The van der Waals surface area contributed by atoms with Crippen molar-refractivity contribution in [1.29, 1.82) is 0 Å². The first kappa shape index (κ1) is 15.0. The van der Waals surface area contributed by atoms with Crippen LogP contribution in [0.4, 0.5) is 0 Å². The fraction of sp³-hybridized carbons (Fsp3) is 0.400. The van der Waals surface area contributed by atoms with Gasteiger partial charge in [-0.2, -0.15) is 8.42 Å². The van der Waals surface area contributed by atoms with Gasteiger partial charge in [-0.25, -0.2) is 8.61 Å². The molecule has 114 valence electrons. The van der Waals surface area contributed by atoms with E-state index in [2.05, 4.69) is 15.6 Å². The largest absolute Gasteiger partial charge is 0.331 e. The number of amides is 2. The summed E-state index contributed by atoms with van der Waals surface area (Å²) in [7, 11) is -4.11. The molecule has 2 heterocycles. The summed E-state index contributed by atoms with van der Waals surface area (Å²) >= 11 is 0. The Hall–Kier alpha value is -2.43. The summed E-state index contributed by atoms with van der Waals surface area (Å²) in [5.41, 5.74) is 2.21. The summed E-state index contributed by atoms with van der Waals surface area (Å²) in [6.45, 7) is 2.89. The molecule has 0 spiro atoms. The fourth-order valence-electron chi connectivity index (χ4n) is 1.83. The molecule has 0 radical (unpaired) electrons. The number of aromatic nitrogens is 3.